The van der Waals surface area contributed by atoms with E-state index in [1.54, 1.807) is 12.5 Å². The molecule has 2 atom stereocenters. The molecule has 3 aromatic rings. The van der Waals surface area contributed by atoms with Crippen molar-refractivity contribution in [3.8, 4) is 0 Å². The second-order valence-corrected chi connectivity index (χ2v) is 6.35. The van der Waals surface area contributed by atoms with E-state index in [9.17, 15) is 9.90 Å². The van der Waals surface area contributed by atoms with Gasteiger partial charge in [-0.3, -0.25) is 4.79 Å². The molecule has 1 aliphatic rings. The van der Waals surface area contributed by atoms with E-state index in [-0.39, 0.29) is 11.9 Å². The average molecular weight is 333 g/mol. The van der Waals surface area contributed by atoms with Crippen molar-refractivity contribution in [2.75, 3.05) is 0 Å². The van der Waals surface area contributed by atoms with Crippen LogP contribution in [0.25, 0.3) is 0 Å². The fourth-order valence-electron chi connectivity index (χ4n) is 3.33. The molecule has 0 bridgehead atoms. The number of aliphatic hydroxyl groups is 1. The van der Waals surface area contributed by atoms with Crippen LogP contribution in [-0.2, 0) is 13.0 Å². The van der Waals surface area contributed by atoms with Crippen LogP contribution in [0.2, 0.25) is 0 Å². The highest BCUT2D eigenvalue weighted by Crippen LogP contribution is 2.31. The Morgan fingerprint density at radius 3 is 2.76 bits per heavy atom. The Morgan fingerprint density at radius 1 is 1.20 bits per heavy atom. The molecule has 126 valence electrons. The van der Waals surface area contributed by atoms with Crippen LogP contribution in [0.1, 0.15) is 33.1 Å². The molecule has 0 spiro atoms. The average Bonchev–Trinajstić information content (AvgIpc) is 3.24. The maximum absolute atomic E-state index is 12.5. The third-order valence-corrected chi connectivity index (χ3v) is 4.63. The molecule has 0 saturated carbocycles. The lowest BCUT2D eigenvalue weighted by atomic mass is 10.1. The molecule has 5 heteroatoms. The van der Waals surface area contributed by atoms with Crippen molar-refractivity contribution >= 4 is 5.91 Å². The van der Waals surface area contributed by atoms with E-state index in [0.29, 0.717) is 12.0 Å². The summed E-state index contributed by atoms with van der Waals surface area (Å²) in [7, 11) is 0. The minimum Gasteiger partial charge on any atom is -0.390 e. The van der Waals surface area contributed by atoms with Gasteiger partial charge < -0.3 is 15.0 Å². The topological polar surface area (TPSA) is 67.2 Å². The normalized spacial score (nSPS) is 18.8. The number of carbonyl (C=O) groups is 1. The lowest BCUT2D eigenvalue weighted by molar-refractivity contribution is 0.0858. The lowest BCUT2D eigenvalue weighted by Crippen LogP contribution is -2.33. The van der Waals surface area contributed by atoms with Gasteiger partial charge >= 0.3 is 0 Å². The molecule has 25 heavy (non-hydrogen) atoms. The summed E-state index contributed by atoms with van der Waals surface area (Å²) in [5, 5.41) is 13.2. The Kier molecular flexibility index (Phi) is 4.07. The van der Waals surface area contributed by atoms with Gasteiger partial charge in [-0.2, -0.15) is 0 Å². The summed E-state index contributed by atoms with van der Waals surface area (Å²) in [4.78, 5) is 16.6. The van der Waals surface area contributed by atoms with E-state index in [0.717, 1.165) is 23.2 Å². The van der Waals surface area contributed by atoms with Crippen LogP contribution in [0.15, 0.2) is 67.3 Å². The first-order valence-corrected chi connectivity index (χ1v) is 8.32. The van der Waals surface area contributed by atoms with Crippen molar-refractivity contribution in [3.63, 3.8) is 0 Å². The Balaban J connectivity index is 1.46. The standard InChI is InChI=1S/C20H19N3O2/c24-18-11-16-3-1-2-4-17(16)19(18)22-20(25)15-7-5-14(6-8-15)12-23-10-9-21-13-23/h1-10,13,18-19,24H,11-12H2,(H,22,25)/t18-,19+/m1/s1. The minimum absolute atomic E-state index is 0.171. The van der Waals surface area contributed by atoms with Crippen LogP contribution in [0.4, 0.5) is 0 Å². The molecular weight excluding hydrogens is 314 g/mol. The maximum atomic E-state index is 12.5. The number of benzene rings is 2. The highest BCUT2D eigenvalue weighted by Gasteiger charge is 2.31. The van der Waals surface area contributed by atoms with Crippen molar-refractivity contribution in [2.24, 2.45) is 0 Å². The molecule has 2 aromatic carbocycles. The number of fused-ring (bicyclic) bond motifs is 1. The highest BCUT2D eigenvalue weighted by molar-refractivity contribution is 5.94. The van der Waals surface area contributed by atoms with Gasteiger partial charge in [0.05, 0.1) is 18.5 Å². The molecule has 4 rings (SSSR count). The highest BCUT2D eigenvalue weighted by atomic mass is 16.3. The van der Waals surface area contributed by atoms with Crippen molar-refractivity contribution in [1.82, 2.24) is 14.9 Å². The van der Waals surface area contributed by atoms with E-state index in [4.69, 9.17) is 0 Å². The number of nitrogens with zero attached hydrogens (tertiary/aromatic N) is 2. The Labute approximate surface area is 146 Å². The smallest absolute Gasteiger partial charge is 0.251 e. The fraction of sp³-hybridized carbons (Fsp3) is 0.200. The van der Waals surface area contributed by atoms with Crippen LogP contribution < -0.4 is 5.32 Å². The second-order valence-electron chi connectivity index (χ2n) is 6.35. The summed E-state index contributed by atoms with van der Waals surface area (Å²) in [5.41, 5.74) is 3.78. The van der Waals surface area contributed by atoms with Gasteiger partial charge in [0.15, 0.2) is 0 Å². The quantitative estimate of drug-likeness (QED) is 0.770. The van der Waals surface area contributed by atoms with Crippen molar-refractivity contribution in [1.29, 1.82) is 0 Å². The summed E-state index contributed by atoms with van der Waals surface area (Å²) in [6.07, 6.45) is 5.40. The first-order chi connectivity index (χ1) is 12.2. The van der Waals surface area contributed by atoms with Crippen molar-refractivity contribution in [2.45, 2.75) is 25.1 Å². The lowest BCUT2D eigenvalue weighted by Gasteiger charge is -2.18. The van der Waals surface area contributed by atoms with Gasteiger partial charge in [0.2, 0.25) is 0 Å². The number of rotatable bonds is 4. The van der Waals surface area contributed by atoms with Crippen LogP contribution >= 0.6 is 0 Å². The van der Waals surface area contributed by atoms with Crippen LogP contribution in [0, 0.1) is 0 Å². The molecule has 1 amide bonds. The second kappa shape index (κ2) is 6.53. The summed E-state index contributed by atoms with van der Waals surface area (Å²) in [6.45, 7) is 0.719. The first-order valence-electron chi connectivity index (χ1n) is 8.32. The number of amides is 1. The van der Waals surface area contributed by atoms with Gasteiger partial charge in [0, 0.05) is 30.9 Å². The van der Waals surface area contributed by atoms with E-state index >= 15 is 0 Å². The Hall–Kier alpha value is -2.92. The predicted octanol–water partition coefficient (Wildman–Crippen LogP) is 2.32. The van der Waals surface area contributed by atoms with Gasteiger partial charge in [-0.15, -0.1) is 0 Å². The van der Waals surface area contributed by atoms with Crippen LogP contribution in [-0.4, -0.2) is 26.7 Å². The third kappa shape index (κ3) is 3.19. The fourth-order valence-corrected chi connectivity index (χ4v) is 3.33. The third-order valence-electron chi connectivity index (χ3n) is 4.63. The molecule has 0 aliphatic heterocycles. The van der Waals surface area contributed by atoms with E-state index in [1.165, 1.54) is 0 Å². The molecule has 5 nitrogen and oxygen atoms in total. The Bertz CT molecular complexity index is 872. The van der Waals surface area contributed by atoms with Gasteiger partial charge in [0.25, 0.3) is 5.91 Å². The molecule has 1 aromatic heterocycles. The van der Waals surface area contributed by atoms with Crippen molar-refractivity contribution in [3.05, 3.63) is 89.5 Å². The van der Waals surface area contributed by atoms with Crippen LogP contribution in [0.5, 0.6) is 0 Å². The van der Waals surface area contributed by atoms with Crippen molar-refractivity contribution < 1.29 is 9.90 Å². The molecule has 0 unspecified atom stereocenters. The van der Waals surface area contributed by atoms with Crippen LogP contribution in [0.3, 0.4) is 0 Å². The number of nitrogens with one attached hydrogen (secondary N) is 1. The molecule has 1 heterocycles. The van der Waals surface area contributed by atoms with Gasteiger partial charge in [-0.25, -0.2) is 4.98 Å². The zero-order valence-corrected chi connectivity index (χ0v) is 13.7. The summed E-state index contributed by atoms with van der Waals surface area (Å²) < 4.78 is 1.97. The molecule has 0 saturated heterocycles. The molecule has 0 radical (unpaired) electrons. The number of carbonyl (C=O) groups excluding carboxylic acids is 1. The number of hydrogen-bond acceptors (Lipinski definition) is 3. The largest absolute Gasteiger partial charge is 0.390 e. The number of aliphatic hydroxyl groups excluding tert-OH is 1. The number of imidazole rings is 1. The SMILES string of the molecule is O=C(N[C@H]1c2ccccc2C[C@H]1O)c1ccc(Cn2ccnc2)cc1. The summed E-state index contributed by atoms with van der Waals surface area (Å²) in [6, 6.07) is 15.0. The first kappa shape index (κ1) is 15.6. The number of aromatic nitrogens is 2. The molecule has 1 aliphatic carbocycles. The van der Waals surface area contributed by atoms with E-state index < -0.39 is 6.10 Å². The zero-order valence-electron chi connectivity index (χ0n) is 13.7. The maximum Gasteiger partial charge on any atom is 0.251 e. The van der Waals surface area contributed by atoms with E-state index in [2.05, 4.69) is 10.3 Å². The monoisotopic (exact) mass is 333 g/mol. The predicted molar refractivity (Wildman–Crippen MR) is 94.1 cm³/mol. The minimum atomic E-state index is -0.582. The van der Waals surface area contributed by atoms with E-state index in [1.807, 2.05) is 59.3 Å². The summed E-state index contributed by atoms with van der Waals surface area (Å²) in [5.74, 6) is -0.171. The molecular formula is C20H19N3O2. The summed E-state index contributed by atoms with van der Waals surface area (Å²) >= 11 is 0. The molecule has 0 fully saturated rings. The van der Waals surface area contributed by atoms with Gasteiger partial charge in [-0.05, 0) is 28.8 Å². The Morgan fingerprint density at radius 2 is 2.00 bits per heavy atom. The molecule has 2 N–H and O–H groups in total. The van der Waals surface area contributed by atoms with Gasteiger partial charge in [-0.1, -0.05) is 36.4 Å². The van der Waals surface area contributed by atoms with Gasteiger partial charge in [0.1, 0.15) is 0 Å². The zero-order chi connectivity index (χ0) is 17.2. The number of hydrogen-bond donors (Lipinski definition) is 2.